The first-order chi connectivity index (χ1) is 12.1. The van der Waals surface area contributed by atoms with Gasteiger partial charge in [-0.05, 0) is 37.1 Å². The Morgan fingerprint density at radius 1 is 1.20 bits per heavy atom. The largest absolute Gasteiger partial charge is 0.593 e. The summed E-state index contributed by atoms with van der Waals surface area (Å²) in [5, 5.41) is 0. The molecule has 25 heavy (non-hydrogen) atoms. The van der Waals surface area contributed by atoms with Gasteiger partial charge in [0.25, 0.3) is 0 Å². The number of rotatable bonds is 2. The van der Waals surface area contributed by atoms with E-state index in [4.69, 9.17) is 4.74 Å². The van der Waals surface area contributed by atoms with E-state index in [1.807, 2.05) is 18.2 Å². The first-order valence-electron chi connectivity index (χ1n) is 8.45. The number of nitrogens with zero attached hydrogens (tertiary/aromatic N) is 2. The molecule has 1 saturated heterocycles. The maximum absolute atomic E-state index is 12.7. The molecule has 0 bridgehead atoms. The molecular weight excluding hydrogens is 338 g/mol. The number of hydrogen-bond donors (Lipinski definition) is 1. The third-order valence-corrected chi connectivity index (χ3v) is 6.54. The minimum absolute atomic E-state index is 0.225. The van der Waals surface area contributed by atoms with Gasteiger partial charge in [0.1, 0.15) is 6.61 Å². The van der Waals surface area contributed by atoms with Crippen LogP contribution in [0.4, 0.5) is 0 Å². The number of hydrogen-bond acceptors (Lipinski definition) is 5. The van der Waals surface area contributed by atoms with Gasteiger partial charge in [0.05, 0.1) is 11.2 Å². The molecule has 0 radical (unpaired) electrons. The smallest absolute Gasteiger partial charge is 0.216 e. The van der Waals surface area contributed by atoms with E-state index in [0.29, 0.717) is 25.2 Å². The van der Waals surface area contributed by atoms with E-state index in [1.165, 1.54) is 0 Å². The van der Waals surface area contributed by atoms with Crippen molar-refractivity contribution in [1.82, 2.24) is 14.6 Å². The molecule has 3 heterocycles. The third-order valence-electron chi connectivity index (χ3n) is 4.92. The van der Waals surface area contributed by atoms with Gasteiger partial charge in [0.15, 0.2) is 16.1 Å². The monoisotopic (exact) mass is 359 g/mol. The van der Waals surface area contributed by atoms with Gasteiger partial charge >= 0.3 is 0 Å². The van der Waals surface area contributed by atoms with E-state index >= 15 is 0 Å². The Hall–Kier alpha value is -1.80. The van der Waals surface area contributed by atoms with Gasteiger partial charge in [0, 0.05) is 25.8 Å². The number of sulfonamides is 1. The third kappa shape index (κ3) is 3.46. The van der Waals surface area contributed by atoms with E-state index < -0.39 is 15.9 Å². The van der Waals surface area contributed by atoms with Crippen LogP contribution in [0.1, 0.15) is 18.5 Å². The maximum Gasteiger partial charge on any atom is 0.216 e. The van der Waals surface area contributed by atoms with Crippen LogP contribution >= 0.6 is 0 Å². The van der Waals surface area contributed by atoms with Crippen molar-refractivity contribution in [3.05, 3.63) is 54.4 Å². The standard InChI is InChI=1S/C18H21N3O3S/c22-25(23)17-7-2-1-6-16(17)24-14-18(20-25)8-11-21(12-9-18)13-15-5-3-4-10-19-15/h1-7,10H,8-9,11-14H2,(H-,20,22,23). The van der Waals surface area contributed by atoms with Crippen molar-refractivity contribution in [2.75, 3.05) is 19.7 Å². The molecule has 1 unspecified atom stereocenters. The molecular formula is C18H21N3O3S. The van der Waals surface area contributed by atoms with Crippen molar-refractivity contribution in [3.63, 3.8) is 0 Å². The van der Waals surface area contributed by atoms with E-state index in [9.17, 15) is 8.76 Å². The van der Waals surface area contributed by atoms with Crippen LogP contribution in [0.15, 0.2) is 53.6 Å². The molecule has 1 spiro atoms. The number of aromatic nitrogens is 1. The van der Waals surface area contributed by atoms with Crippen LogP contribution in [0, 0.1) is 0 Å². The molecule has 1 aromatic carbocycles. The van der Waals surface area contributed by atoms with E-state index in [2.05, 4.69) is 14.6 Å². The van der Waals surface area contributed by atoms with Gasteiger partial charge in [-0.3, -0.25) is 9.88 Å². The molecule has 1 fully saturated rings. The summed E-state index contributed by atoms with van der Waals surface area (Å²) in [7, 11) is -3.57. The van der Waals surface area contributed by atoms with Crippen LogP contribution in [-0.2, 0) is 21.2 Å². The number of para-hydroxylation sites is 1. The number of likely N-dealkylation sites (tertiary alicyclic amines) is 1. The second-order valence-corrected chi connectivity index (χ2v) is 8.37. The maximum atomic E-state index is 12.7. The predicted octanol–water partition coefficient (Wildman–Crippen LogP) is 2.00. The summed E-state index contributed by atoms with van der Waals surface area (Å²) in [6, 6.07) is 12.7. The summed E-state index contributed by atoms with van der Waals surface area (Å²) in [6.07, 6.45) is 3.23. The van der Waals surface area contributed by atoms with Crippen molar-refractivity contribution in [1.29, 1.82) is 0 Å². The lowest BCUT2D eigenvalue weighted by Crippen LogP contribution is -2.58. The molecule has 2 aromatic rings. The van der Waals surface area contributed by atoms with Crippen LogP contribution in [0.2, 0.25) is 0 Å². The van der Waals surface area contributed by atoms with Gasteiger partial charge in [-0.25, -0.2) is 0 Å². The Morgan fingerprint density at radius 2 is 1.96 bits per heavy atom. The molecule has 0 amide bonds. The number of ether oxygens (including phenoxy) is 1. The molecule has 6 nitrogen and oxygen atoms in total. The van der Waals surface area contributed by atoms with Crippen LogP contribution in [0.25, 0.3) is 0 Å². The van der Waals surface area contributed by atoms with Gasteiger partial charge < -0.3 is 9.29 Å². The highest BCUT2D eigenvalue weighted by atomic mass is 32.3. The molecule has 7 heteroatoms. The van der Waals surface area contributed by atoms with E-state index in [1.54, 1.807) is 30.5 Å². The SMILES string of the molecule is O=[S+]1([O-])NC2(CCN(Cc3ccccn3)CC2)COc2ccccc21. The average molecular weight is 359 g/mol. The Morgan fingerprint density at radius 3 is 2.72 bits per heavy atom. The van der Waals surface area contributed by atoms with Crippen LogP contribution < -0.4 is 9.46 Å². The molecule has 132 valence electrons. The lowest BCUT2D eigenvalue weighted by Gasteiger charge is -2.40. The fraction of sp³-hybridized carbons (Fsp3) is 0.389. The molecule has 1 N–H and O–H groups in total. The molecule has 4 rings (SSSR count). The summed E-state index contributed by atoms with van der Waals surface area (Å²) in [6.45, 7) is 2.75. The predicted molar refractivity (Wildman–Crippen MR) is 93.6 cm³/mol. The lowest BCUT2D eigenvalue weighted by molar-refractivity contribution is 0.101. The summed E-state index contributed by atoms with van der Waals surface area (Å²) in [5.41, 5.74) is 0.488. The zero-order valence-electron chi connectivity index (χ0n) is 13.9. The topological polar surface area (TPSA) is 77.5 Å². The van der Waals surface area contributed by atoms with Gasteiger partial charge in [-0.1, -0.05) is 22.4 Å². The summed E-state index contributed by atoms with van der Waals surface area (Å²) >= 11 is 0. The van der Waals surface area contributed by atoms with E-state index in [-0.39, 0.29) is 4.90 Å². The number of fused-ring (bicyclic) bond motifs is 1. The lowest BCUT2D eigenvalue weighted by atomic mass is 9.89. The zero-order chi connectivity index (χ0) is 17.3. The highest BCUT2D eigenvalue weighted by Crippen LogP contribution is 2.35. The second kappa shape index (κ2) is 6.49. The molecule has 0 saturated carbocycles. The first-order valence-corrected chi connectivity index (χ1v) is 9.93. The Kier molecular flexibility index (Phi) is 4.33. The zero-order valence-corrected chi connectivity index (χ0v) is 14.7. The number of nitrogens with one attached hydrogen (secondary N) is 1. The Bertz CT molecular complexity index is 791. The molecule has 1 atom stereocenters. The average Bonchev–Trinajstić information content (AvgIpc) is 2.73. The fourth-order valence-corrected chi connectivity index (χ4v) is 5.08. The quantitative estimate of drug-likeness (QED) is 0.830. The van der Waals surface area contributed by atoms with Crippen molar-refractivity contribution in [2.45, 2.75) is 29.8 Å². The number of pyridine rings is 1. The van der Waals surface area contributed by atoms with E-state index in [0.717, 1.165) is 25.3 Å². The number of piperidine rings is 1. The first kappa shape index (κ1) is 16.7. The Balaban J connectivity index is 1.47. The van der Waals surface area contributed by atoms with Crippen LogP contribution in [0.5, 0.6) is 5.75 Å². The normalized spacial score (nSPS) is 25.8. The Labute approximate surface area is 148 Å². The van der Waals surface area contributed by atoms with Gasteiger partial charge in [-0.2, -0.15) is 0 Å². The van der Waals surface area contributed by atoms with Gasteiger partial charge in [-0.15, -0.1) is 4.72 Å². The van der Waals surface area contributed by atoms with Crippen LogP contribution in [-0.4, -0.2) is 39.7 Å². The summed E-state index contributed by atoms with van der Waals surface area (Å²) < 4.78 is 34.2. The minimum Gasteiger partial charge on any atom is -0.593 e. The molecule has 2 aliphatic rings. The molecule has 1 aromatic heterocycles. The minimum atomic E-state index is -3.57. The number of benzene rings is 1. The van der Waals surface area contributed by atoms with Crippen molar-refractivity contribution in [2.24, 2.45) is 0 Å². The van der Waals surface area contributed by atoms with Gasteiger partial charge in [0.2, 0.25) is 4.90 Å². The van der Waals surface area contributed by atoms with Crippen molar-refractivity contribution >= 4 is 10.4 Å². The van der Waals surface area contributed by atoms with Crippen molar-refractivity contribution < 1.29 is 13.5 Å². The molecule has 0 aliphatic carbocycles. The molecule has 2 aliphatic heterocycles. The van der Waals surface area contributed by atoms with Crippen molar-refractivity contribution in [3.8, 4) is 5.75 Å². The fourth-order valence-electron chi connectivity index (χ4n) is 3.48. The second-order valence-electron chi connectivity index (χ2n) is 6.72. The van der Waals surface area contributed by atoms with Crippen LogP contribution in [0.3, 0.4) is 0 Å². The summed E-state index contributed by atoms with van der Waals surface area (Å²) in [4.78, 5) is 6.89. The highest BCUT2D eigenvalue weighted by molar-refractivity contribution is 7.96. The highest BCUT2D eigenvalue weighted by Gasteiger charge is 2.45. The summed E-state index contributed by atoms with van der Waals surface area (Å²) in [5.74, 6) is 0.433.